The van der Waals surface area contributed by atoms with Crippen LogP contribution in [0.2, 0.25) is 0 Å². The molecule has 1 heterocycles. The summed E-state index contributed by atoms with van der Waals surface area (Å²) in [5, 5.41) is 3.96. The number of piperazine rings is 1. The van der Waals surface area contributed by atoms with E-state index in [1.54, 1.807) is 0 Å². The quantitative estimate of drug-likeness (QED) is 0.662. The van der Waals surface area contributed by atoms with E-state index in [0.717, 1.165) is 23.8 Å². The maximum absolute atomic E-state index is 10.9. The van der Waals surface area contributed by atoms with Gasteiger partial charge in [0.2, 0.25) is 6.41 Å². The van der Waals surface area contributed by atoms with Crippen LogP contribution in [-0.2, 0) is 4.79 Å². The Morgan fingerprint density at radius 3 is 2.58 bits per heavy atom. The second kappa shape index (κ2) is 6.02. The molecule has 4 nitrogen and oxygen atoms in total. The first-order chi connectivity index (χ1) is 9.11. The van der Waals surface area contributed by atoms with Crippen LogP contribution in [0, 0.1) is 0 Å². The van der Waals surface area contributed by atoms with Gasteiger partial charge in [-0.3, -0.25) is 4.79 Å². The van der Waals surface area contributed by atoms with E-state index in [0.29, 0.717) is 6.54 Å². The molecule has 2 rings (SSSR count). The molecule has 1 saturated heterocycles. The summed E-state index contributed by atoms with van der Waals surface area (Å²) in [5.74, 6) is 0. The Balaban J connectivity index is 2.01. The number of anilines is 1. The molecular formula is C14H19N3OS. The van der Waals surface area contributed by atoms with Gasteiger partial charge < -0.3 is 15.1 Å². The number of rotatable bonds is 2. The number of carbonyl (C=O) groups is 1. The highest BCUT2D eigenvalue weighted by atomic mass is 32.1. The molecule has 1 N–H and O–H groups in total. The maximum atomic E-state index is 10.9. The molecule has 1 aliphatic rings. The summed E-state index contributed by atoms with van der Waals surface area (Å²) >= 11 is 5.47. The Labute approximate surface area is 119 Å². The third-order valence-corrected chi connectivity index (χ3v) is 3.79. The second-order valence-electron chi connectivity index (χ2n) is 4.95. The molecule has 1 fully saturated rings. The highest BCUT2D eigenvalue weighted by molar-refractivity contribution is 7.80. The van der Waals surface area contributed by atoms with Gasteiger partial charge in [0.15, 0.2) is 5.11 Å². The third-order valence-electron chi connectivity index (χ3n) is 3.46. The van der Waals surface area contributed by atoms with Crippen molar-refractivity contribution >= 4 is 29.4 Å². The number of para-hydroxylation sites is 1. The number of thiocarbonyl (C=S) groups is 1. The van der Waals surface area contributed by atoms with Crippen LogP contribution in [0.1, 0.15) is 13.8 Å². The number of carbonyl (C=O) groups excluding carboxylic acids is 1. The van der Waals surface area contributed by atoms with E-state index in [-0.39, 0.29) is 12.1 Å². The lowest BCUT2D eigenvalue weighted by atomic mass is 10.1. The molecule has 2 atom stereocenters. The van der Waals surface area contributed by atoms with Crippen LogP contribution in [-0.4, -0.2) is 46.5 Å². The van der Waals surface area contributed by atoms with Gasteiger partial charge in [0.05, 0.1) is 0 Å². The predicted octanol–water partition coefficient (Wildman–Crippen LogP) is 1.93. The molecule has 1 aromatic carbocycles. The second-order valence-corrected chi connectivity index (χ2v) is 5.34. The van der Waals surface area contributed by atoms with Crippen LogP contribution in [0.5, 0.6) is 0 Å². The first-order valence-electron chi connectivity index (χ1n) is 6.45. The number of hydrogen-bond donors (Lipinski definition) is 1. The number of hydrogen-bond acceptors (Lipinski definition) is 2. The highest BCUT2D eigenvalue weighted by Gasteiger charge is 2.29. The minimum absolute atomic E-state index is 0.184. The summed E-state index contributed by atoms with van der Waals surface area (Å²) in [6.45, 7) is 5.60. The standard InChI is InChI=1S/C14H19N3OS/c1-11-9-17(12(2)8-16(11)10-18)14(19)15-13-6-4-3-5-7-13/h3-7,10-12H,8-9H2,1-2H3,(H,15,19)/t11-,12-/m0/s1. The lowest BCUT2D eigenvalue weighted by Crippen LogP contribution is -2.58. The van der Waals surface area contributed by atoms with Gasteiger partial charge in [0.1, 0.15) is 0 Å². The molecule has 5 heteroatoms. The Bertz CT molecular complexity index is 451. The first-order valence-corrected chi connectivity index (χ1v) is 6.86. The van der Waals surface area contributed by atoms with Gasteiger partial charge in [-0.05, 0) is 38.2 Å². The third kappa shape index (κ3) is 3.23. The fourth-order valence-electron chi connectivity index (χ4n) is 2.30. The van der Waals surface area contributed by atoms with Crippen LogP contribution in [0.4, 0.5) is 5.69 Å². The average molecular weight is 277 g/mol. The summed E-state index contributed by atoms with van der Waals surface area (Å²) in [6.07, 6.45) is 0.923. The molecule has 0 aliphatic carbocycles. The number of benzene rings is 1. The number of amides is 1. The minimum atomic E-state index is 0.184. The van der Waals surface area contributed by atoms with Gasteiger partial charge in [-0.25, -0.2) is 0 Å². The van der Waals surface area contributed by atoms with Crippen molar-refractivity contribution in [2.24, 2.45) is 0 Å². The van der Waals surface area contributed by atoms with Gasteiger partial charge >= 0.3 is 0 Å². The van der Waals surface area contributed by atoms with E-state index in [4.69, 9.17) is 12.2 Å². The fourth-order valence-corrected chi connectivity index (χ4v) is 2.67. The molecule has 1 amide bonds. The topological polar surface area (TPSA) is 35.6 Å². The van der Waals surface area contributed by atoms with Gasteiger partial charge in [-0.2, -0.15) is 0 Å². The predicted molar refractivity (Wildman–Crippen MR) is 81.1 cm³/mol. The number of nitrogens with zero attached hydrogens (tertiary/aromatic N) is 2. The highest BCUT2D eigenvalue weighted by Crippen LogP contribution is 2.16. The van der Waals surface area contributed by atoms with Gasteiger partial charge in [-0.1, -0.05) is 18.2 Å². The van der Waals surface area contributed by atoms with Crippen molar-refractivity contribution in [1.82, 2.24) is 9.80 Å². The van der Waals surface area contributed by atoms with E-state index in [2.05, 4.69) is 17.1 Å². The summed E-state index contributed by atoms with van der Waals surface area (Å²) in [4.78, 5) is 14.9. The van der Waals surface area contributed by atoms with E-state index < -0.39 is 0 Å². The molecule has 0 saturated carbocycles. The van der Waals surface area contributed by atoms with Crippen molar-refractivity contribution < 1.29 is 4.79 Å². The molecule has 0 unspecified atom stereocenters. The summed E-state index contributed by atoms with van der Waals surface area (Å²) < 4.78 is 0. The van der Waals surface area contributed by atoms with Crippen molar-refractivity contribution in [2.45, 2.75) is 25.9 Å². The van der Waals surface area contributed by atoms with E-state index in [1.807, 2.05) is 42.2 Å². The van der Waals surface area contributed by atoms with Gasteiger partial charge in [-0.15, -0.1) is 0 Å². The summed E-state index contributed by atoms with van der Waals surface area (Å²) in [6, 6.07) is 10.3. The van der Waals surface area contributed by atoms with Crippen LogP contribution >= 0.6 is 12.2 Å². The smallest absolute Gasteiger partial charge is 0.210 e. The Hall–Kier alpha value is -1.62. The van der Waals surface area contributed by atoms with E-state index in [9.17, 15) is 4.79 Å². The normalized spacial score (nSPS) is 23.1. The zero-order valence-corrected chi connectivity index (χ0v) is 12.1. The lowest BCUT2D eigenvalue weighted by molar-refractivity contribution is -0.122. The molecule has 19 heavy (non-hydrogen) atoms. The van der Waals surface area contributed by atoms with Crippen LogP contribution in [0.25, 0.3) is 0 Å². The molecular weight excluding hydrogens is 258 g/mol. The Morgan fingerprint density at radius 1 is 1.26 bits per heavy atom. The molecule has 0 aromatic heterocycles. The van der Waals surface area contributed by atoms with Gasteiger partial charge in [0.25, 0.3) is 0 Å². The van der Waals surface area contributed by atoms with Crippen molar-refractivity contribution in [1.29, 1.82) is 0 Å². The molecule has 0 radical (unpaired) electrons. The molecule has 0 bridgehead atoms. The summed E-state index contributed by atoms with van der Waals surface area (Å²) in [5.41, 5.74) is 0.991. The Kier molecular flexibility index (Phi) is 4.37. The van der Waals surface area contributed by atoms with Crippen LogP contribution < -0.4 is 5.32 Å². The molecule has 102 valence electrons. The van der Waals surface area contributed by atoms with Crippen molar-refractivity contribution in [3.05, 3.63) is 30.3 Å². The van der Waals surface area contributed by atoms with Crippen molar-refractivity contribution in [3.8, 4) is 0 Å². The molecule has 1 aliphatic heterocycles. The lowest BCUT2D eigenvalue weighted by Gasteiger charge is -2.43. The van der Waals surface area contributed by atoms with E-state index >= 15 is 0 Å². The van der Waals surface area contributed by atoms with Crippen molar-refractivity contribution in [2.75, 3.05) is 18.4 Å². The fraction of sp³-hybridized carbons (Fsp3) is 0.429. The maximum Gasteiger partial charge on any atom is 0.210 e. The van der Waals surface area contributed by atoms with Crippen molar-refractivity contribution in [3.63, 3.8) is 0 Å². The SMILES string of the molecule is C[C@H]1CN(C(=S)Nc2ccccc2)[C@@H](C)CN1C=O. The monoisotopic (exact) mass is 277 g/mol. The molecule has 1 aromatic rings. The minimum Gasteiger partial charge on any atom is -0.342 e. The number of nitrogens with one attached hydrogen (secondary N) is 1. The average Bonchev–Trinajstić information content (AvgIpc) is 2.42. The first kappa shape index (κ1) is 13.8. The zero-order chi connectivity index (χ0) is 13.8. The van der Waals surface area contributed by atoms with Crippen LogP contribution in [0.15, 0.2) is 30.3 Å². The largest absolute Gasteiger partial charge is 0.342 e. The van der Waals surface area contributed by atoms with Gasteiger partial charge in [0, 0.05) is 30.9 Å². The summed E-state index contributed by atoms with van der Waals surface area (Å²) in [7, 11) is 0. The van der Waals surface area contributed by atoms with Crippen LogP contribution in [0.3, 0.4) is 0 Å². The van der Waals surface area contributed by atoms with E-state index in [1.165, 1.54) is 0 Å². The Morgan fingerprint density at radius 2 is 1.95 bits per heavy atom. The zero-order valence-electron chi connectivity index (χ0n) is 11.2. The molecule has 0 spiro atoms.